The Kier molecular flexibility index (Phi) is 20.5. The number of hydrogen-bond acceptors (Lipinski definition) is 19. The van der Waals surface area contributed by atoms with E-state index in [0.29, 0.717) is 32.4 Å². The number of alkyl carbamates (subject to hydrolysis) is 1. The average Bonchev–Trinajstić information content (AvgIpc) is 3.64. The number of aliphatic hydroxyl groups is 2. The number of fused-ring (bicyclic) bond motifs is 1. The lowest BCUT2D eigenvalue weighted by atomic mass is 9.77. The number of cyclic esters (lactones) is 1. The zero-order valence-electron chi connectivity index (χ0n) is 45.2. The maximum Gasteiger partial charge on any atom is 0.509 e. The molecule has 2 amide bonds. The molecule has 22 heteroatoms. The number of carbonyl (C=O) groups is 4. The first kappa shape index (κ1) is 59.6. The number of hydrogen-bond donors (Lipinski definition) is 4. The van der Waals surface area contributed by atoms with Crippen molar-refractivity contribution in [1.29, 1.82) is 0 Å². The molecule has 0 spiro atoms. The van der Waals surface area contributed by atoms with Crippen LogP contribution in [0.4, 0.5) is 15.3 Å². The first-order valence-corrected chi connectivity index (χ1v) is 25.7. The minimum Gasteiger partial charge on any atom is -0.458 e. The number of nitro benzene ring substituents is 1. The van der Waals surface area contributed by atoms with E-state index < -0.39 is 113 Å². The number of esters is 1. The van der Waals surface area contributed by atoms with Gasteiger partial charge in [0.2, 0.25) is 0 Å². The smallest absolute Gasteiger partial charge is 0.458 e. The lowest BCUT2D eigenvalue weighted by molar-refractivity contribution is -0.384. The number of benzene rings is 1. The topological polar surface area (TPSA) is 265 Å². The van der Waals surface area contributed by atoms with Crippen LogP contribution in [0, 0.1) is 27.9 Å². The number of amides is 2. The van der Waals surface area contributed by atoms with Gasteiger partial charge in [0.25, 0.3) is 11.6 Å². The van der Waals surface area contributed by atoms with E-state index >= 15 is 0 Å². The molecular weight excluding hydrogens is 955 g/mol. The highest BCUT2D eigenvalue weighted by Gasteiger charge is 2.58. The van der Waals surface area contributed by atoms with E-state index in [1.807, 2.05) is 58.6 Å². The number of likely N-dealkylation sites (N-methyl/N-ethyl adjacent to an activating group) is 2. The van der Waals surface area contributed by atoms with Crippen LogP contribution in [-0.2, 0) is 47.4 Å². The van der Waals surface area contributed by atoms with Crippen molar-refractivity contribution in [1.82, 2.24) is 20.4 Å². The highest BCUT2D eigenvalue weighted by Crippen LogP contribution is 2.42. The highest BCUT2D eigenvalue weighted by atomic mass is 16.8. The summed E-state index contributed by atoms with van der Waals surface area (Å²) in [5.41, 5.74) is -4.02. The van der Waals surface area contributed by atoms with Gasteiger partial charge in [-0.15, -0.1) is 0 Å². The normalized spacial score (nSPS) is 38.9. The Morgan fingerprint density at radius 2 is 1.59 bits per heavy atom. The summed E-state index contributed by atoms with van der Waals surface area (Å²) in [7, 11) is 7.12. The van der Waals surface area contributed by atoms with Gasteiger partial charge < -0.3 is 68.4 Å². The molecular formula is C51H83N5O17. The van der Waals surface area contributed by atoms with Crippen LogP contribution in [0.15, 0.2) is 24.3 Å². The molecule has 4 aliphatic heterocycles. The second kappa shape index (κ2) is 25.1. The number of nitro groups is 1. The summed E-state index contributed by atoms with van der Waals surface area (Å²) in [5, 5.41) is 41.0. The molecule has 0 aliphatic carbocycles. The largest absolute Gasteiger partial charge is 0.509 e. The van der Waals surface area contributed by atoms with Gasteiger partial charge in [-0.2, -0.15) is 0 Å². The van der Waals surface area contributed by atoms with Gasteiger partial charge in [-0.25, -0.2) is 9.59 Å². The molecule has 4 saturated heterocycles. The number of ether oxygens (including phenoxy) is 9. The summed E-state index contributed by atoms with van der Waals surface area (Å²) in [5.74, 6) is -3.16. The molecule has 4 heterocycles. The molecule has 4 fully saturated rings. The molecule has 73 heavy (non-hydrogen) atoms. The van der Waals surface area contributed by atoms with Crippen molar-refractivity contribution in [3.8, 4) is 0 Å². The van der Waals surface area contributed by atoms with Gasteiger partial charge in [0, 0.05) is 68.9 Å². The molecule has 0 bridgehead atoms. The molecule has 18 atom stereocenters. The average molecular weight is 1040 g/mol. The molecule has 1 aromatic rings. The van der Waals surface area contributed by atoms with Crippen molar-refractivity contribution in [3.05, 3.63) is 39.9 Å². The zero-order valence-corrected chi connectivity index (χ0v) is 45.2. The number of aliphatic hydroxyl groups excluding tert-OH is 1. The Morgan fingerprint density at radius 3 is 2.19 bits per heavy atom. The number of rotatable bonds is 15. The SMILES string of the molecule is CC[C@H]1OC(=O)[C@H](C)[C@@H](O[C@H]2C[C@@](C)(OC)[C@@H](OC(=O)NCCCCNC(=O)c3ccc([N+](=O)[O-])cc3)[C@H](C)O2)[C@H](C)[C@@H](O[C@@H]2O[C@H](C)C[C@H](N(C)C)[C@H]2O)[C@](C)(O)C[C@@H](C)CN(C)[C@H](C)[C@H]2OC(=O)O[C@@]21C. The first-order chi connectivity index (χ1) is 34.2. The zero-order chi connectivity index (χ0) is 54.3. The summed E-state index contributed by atoms with van der Waals surface area (Å²) < 4.78 is 56.6. The third kappa shape index (κ3) is 14.4. The van der Waals surface area contributed by atoms with Crippen LogP contribution >= 0.6 is 0 Å². The van der Waals surface area contributed by atoms with Crippen LogP contribution in [-0.4, -0.2) is 187 Å². The van der Waals surface area contributed by atoms with Crippen molar-refractivity contribution < 1.29 is 76.9 Å². The van der Waals surface area contributed by atoms with E-state index in [2.05, 4.69) is 10.6 Å². The molecule has 4 aliphatic rings. The van der Waals surface area contributed by atoms with Gasteiger partial charge in [0.1, 0.15) is 17.8 Å². The molecule has 414 valence electrons. The van der Waals surface area contributed by atoms with Crippen LogP contribution in [0.2, 0.25) is 0 Å². The summed E-state index contributed by atoms with van der Waals surface area (Å²) in [6.45, 7) is 18.9. The first-order valence-electron chi connectivity index (χ1n) is 25.7. The number of unbranched alkanes of at least 4 members (excludes halogenated alkanes) is 1. The fourth-order valence-electron chi connectivity index (χ4n) is 11.2. The van der Waals surface area contributed by atoms with Gasteiger partial charge >= 0.3 is 18.2 Å². The standard InChI is InChI=1S/C51H83N5O17/c1-15-37-51(10)42(72-48(61)73-51)32(6)55(13)27-28(2)25-49(8,62)41(70-46-39(57)36(54(11)12)24-29(3)66-46)30(4)40(31(5)45(59)68-37)69-38-26-50(9,65-14)43(33(7)67-38)71-47(60)53-23-17-16-22-52-44(58)34-18-20-35(21-19-34)56(63)64/h18-21,28-33,36-43,46,57,62H,15-17,22-27H2,1-14H3,(H,52,58)(H,53,60)/t28-,29-,30+,31-,32-,33+,36+,37-,38+,39-,40+,41-,42-,43+,46+,49-,50-,51-/m1/s1. The second-order valence-corrected chi connectivity index (χ2v) is 21.6. The molecule has 0 aromatic heterocycles. The number of nitrogens with zero attached hydrogens (tertiary/aromatic N) is 3. The molecule has 0 saturated carbocycles. The minimum atomic E-state index is -1.63. The molecule has 22 nitrogen and oxygen atoms in total. The third-order valence-corrected chi connectivity index (χ3v) is 15.4. The molecule has 5 rings (SSSR count). The summed E-state index contributed by atoms with van der Waals surface area (Å²) in [4.78, 5) is 67.7. The van der Waals surface area contributed by atoms with Crippen molar-refractivity contribution in [2.24, 2.45) is 17.8 Å². The molecule has 0 unspecified atom stereocenters. The van der Waals surface area contributed by atoms with Crippen LogP contribution in [0.1, 0.15) is 118 Å². The summed E-state index contributed by atoms with van der Waals surface area (Å²) >= 11 is 0. The second-order valence-electron chi connectivity index (χ2n) is 21.6. The Labute approximate surface area is 429 Å². The van der Waals surface area contributed by atoms with Crippen LogP contribution in [0.3, 0.4) is 0 Å². The monoisotopic (exact) mass is 1040 g/mol. The van der Waals surface area contributed by atoms with Crippen molar-refractivity contribution in [3.63, 3.8) is 0 Å². The van der Waals surface area contributed by atoms with E-state index in [9.17, 15) is 39.5 Å². The van der Waals surface area contributed by atoms with Crippen LogP contribution in [0.5, 0.6) is 0 Å². The number of methoxy groups -OCH3 is 1. The quantitative estimate of drug-likeness (QED) is 0.0596. The number of nitrogens with one attached hydrogen (secondary N) is 2. The van der Waals surface area contributed by atoms with E-state index in [-0.39, 0.29) is 61.0 Å². The Hall–Kier alpha value is -4.26. The fourth-order valence-corrected chi connectivity index (χ4v) is 11.2. The number of carbonyl (C=O) groups excluding carboxylic acids is 4. The Balaban J connectivity index is 1.38. The Bertz CT molecular complexity index is 2030. The fraction of sp³-hybridized carbons (Fsp3) is 0.804. The van der Waals surface area contributed by atoms with E-state index in [1.165, 1.54) is 31.4 Å². The predicted octanol–water partition coefficient (Wildman–Crippen LogP) is 4.94. The molecule has 1 aromatic carbocycles. The highest BCUT2D eigenvalue weighted by molar-refractivity contribution is 5.94. The van der Waals surface area contributed by atoms with Gasteiger partial charge in [-0.1, -0.05) is 20.8 Å². The van der Waals surface area contributed by atoms with E-state index in [1.54, 1.807) is 41.5 Å². The maximum absolute atomic E-state index is 14.7. The lowest BCUT2D eigenvalue weighted by Crippen LogP contribution is -2.61. The summed E-state index contributed by atoms with van der Waals surface area (Å²) in [6, 6.07) is 4.56. The van der Waals surface area contributed by atoms with E-state index in [0.717, 1.165) is 0 Å². The minimum absolute atomic E-state index is 0.0194. The van der Waals surface area contributed by atoms with Crippen molar-refractivity contribution in [2.75, 3.05) is 47.9 Å². The van der Waals surface area contributed by atoms with Crippen molar-refractivity contribution >= 4 is 29.8 Å². The van der Waals surface area contributed by atoms with Crippen LogP contribution in [0.25, 0.3) is 0 Å². The lowest BCUT2D eigenvalue weighted by Gasteiger charge is -2.49. The molecule has 0 radical (unpaired) electrons. The van der Waals surface area contributed by atoms with E-state index in [4.69, 9.17) is 42.6 Å². The predicted molar refractivity (Wildman–Crippen MR) is 264 cm³/mol. The Morgan fingerprint density at radius 1 is 0.945 bits per heavy atom. The van der Waals surface area contributed by atoms with Crippen LogP contribution < -0.4 is 10.6 Å². The van der Waals surface area contributed by atoms with Gasteiger partial charge in [-0.05, 0) is 120 Å². The molecule has 4 N–H and O–H groups in total. The van der Waals surface area contributed by atoms with Crippen molar-refractivity contribution in [2.45, 2.75) is 198 Å². The maximum atomic E-state index is 14.7. The van der Waals surface area contributed by atoms with Gasteiger partial charge in [0.05, 0.1) is 40.9 Å². The third-order valence-electron chi connectivity index (χ3n) is 15.4. The van der Waals surface area contributed by atoms with Gasteiger partial charge in [-0.3, -0.25) is 24.6 Å². The number of non-ortho nitro benzene ring substituents is 1. The van der Waals surface area contributed by atoms with Gasteiger partial charge in [0.15, 0.2) is 30.4 Å². The summed E-state index contributed by atoms with van der Waals surface area (Å²) in [6.07, 6.45) is -8.97.